The highest BCUT2D eigenvalue weighted by atomic mass is 16.5. The number of amides is 1. The Hall–Kier alpha value is -3.35. The number of hydrogen-bond acceptors (Lipinski definition) is 5. The van der Waals surface area contributed by atoms with Gasteiger partial charge < -0.3 is 19.7 Å². The second-order valence-electron chi connectivity index (χ2n) is 5.12. The Labute approximate surface area is 136 Å². The summed E-state index contributed by atoms with van der Waals surface area (Å²) in [6.07, 6.45) is 0. The van der Waals surface area contributed by atoms with Crippen LogP contribution in [0.15, 0.2) is 47.0 Å². The van der Waals surface area contributed by atoms with Crippen molar-refractivity contribution in [2.24, 2.45) is 0 Å². The van der Waals surface area contributed by atoms with E-state index in [2.05, 4.69) is 10.5 Å². The number of anilines is 1. The molecule has 3 aromatic rings. The Bertz CT molecular complexity index is 916. The zero-order chi connectivity index (χ0) is 17.1. The van der Waals surface area contributed by atoms with Gasteiger partial charge in [-0.25, -0.2) is 4.79 Å². The van der Waals surface area contributed by atoms with Crippen molar-refractivity contribution in [2.45, 2.75) is 6.92 Å². The molecule has 1 aromatic heterocycles. The van der Waals surface area contributed by atoms with E-state index in [0.29, 0.717) is 22.6 Å². The number of aromatic nitrogens is 1. The lowest BCUT2D eigenvalue weighted by atomic mass is 10.1. The number of carboxylic acid groups (broad SMARTS) is 1. The van der Waals surface area contributed by atoms with Crippen LogP contribution in [0.25, 0.3) is 10.8 Å². The van der Waals surface area contributed by atoms with E-state index in [0.717, 1.165) is 5.39 Å². The number of aliphatic carboxylic acids is 1. The first-order valence-electron chi connectivity index (χ1n) is 7.15. The average Bonchev–Trinajstić information content (AvgIpc) is 3.00. The Morgan fingerprint density at radius 1 is 1.21 bits per heavy atom. The third-order valence-electron chi connectivity index (χ3n) is 3.34. The van der Waals surface area contributed by atoms with Crippen LogP contribution in [-0.4, -0.2) is 28.7 Å². The molecule has 1 heterocycles. The summed E-state index contributed by atoms with van der Waals surface area (Å²) in [5, 5.41) is 16.6. The summed E-state index contributed by atoms with van der Waals surface area (Å²) >= 11 is 0. The van der Waals surface area contributed by atoms with Crippen LogP contribution in [0.3, 0.4) is 0 Å². The molecule has 0 aliphatic rings. The number of hydrogen-bond donors (Lipinski definition) is 2. The molecule has 0 atom stereocenters. The smallest absolute Gasteiger partial charge is 0.341 e. The molecule has 2 aromatic carbocycles. The fourth-order valence-electron chi connectivity index (χ4n) is 2.31. The summed E-state index contributed by atoms with van der Waals surface area (Å²) < 4.78 is 10.2. The van der Waals surface area contributed by atoms with Crippen LogP contribution in [0, 0.1) is 6.92 Å². The van der Waals surface area contributed by atoms with Crippen molar-refractivity contribution in [3.63, 3.8) is 0 Å². The van der Waals surface area contributed by atoms with E-state index >= 15 is 0 Å². The van der Waals surface area contributed by atoms with Crippen molar-refractivity contribution in [3.8, 4) is 5.75 Å². The van der Waals surface area contributed by atoms with Gasteiger partial charge in [-0.3, -0.25) is 4.79 Å². The minimum atomic E-state index is -1.06. The molecule has 0 saturated heterocycles. The maximum atomic E-state index is 12.2. The van der Waals surface area contributed by atoms with Crippen molar-refractivity contribution >= 4 is 28.3 Å². The van der Waals surface area contributed by atoms with Crippen LogP contribution in [0.4, 0.5) is 5.69 Å². The molecule has 7 heteroatoms. The number of nitrogens with zero attached hydrogens (tertiary/aromatic N) is 1. The standard InChI is InChI=1S/C17H14N2O5/c1-10-8-14(19-24-10)17(22)18-13-6-7-15(23-9-16(20)21)12-5-3-2-4-11(12)13/h2-8H,9H2,1H3,(H,18,22)(H,20,21). The van der Waals surface area contributed by atoms with Gasteiger partial charge in [0.2, 0.25) is 0 Å². The predicted octanol–water partition coefficient (Wildman–Crippen LogP) is 2.85. The molecular formula is C17H14N2O5. The van der Waals surface area contributed by atoms with Crippen molar-refractivity contribution in [1.82, 2.24) is 5.16 Å². The van der Waals surface area contributed by atoms with Gasteiger partial charge in [0, 0.05) is 22.5 Å². The van der Waals surface area contributed by atoms with Crippen molar-refractivity contribution in [1.29, 1.82) is 0 Å². The molecule has 2 N–H and O–H groups in total. The number of ether oxygens (including phenoxy) is 1. The number of rotatable bonds is 5. The molecule has 0 aliphatic carbocycles. The van der Waals surface area contributed by atoms with E-state index in [1.54, 1.807) is 31.2 Å². The molecule has 3 rings (SSSR count). The van der Waals surface area contributed by atoms with Gasteiger partial charge in [0.25, 0.3) is 5.91 Å². The second-order valence-corrected chi connectivity index (χ2v) is 5.12. The minimum absolute atomic E-state index is 0.183. The van der Waals surface area contributed by atoms with Gasteiger partial charge in [0.15, 0.2) is 12.3 Å². The maximum Gasteiger partial charge on any atom is 0.341 e. The number of carbonyl (C=O) groups is 2. The summed E-state index contributed by atoms with van der Waals surface area (Å²) in [6, 6.07) is 12.1. The lowest BCUT2D eigenvalue weighted by Crippen LogP contribution is -2.13. The van der Waals surface area contributed by atoms with Gasteiger partial charge in [-0.05, 0) is 19.1 Å². The van der Waals surface area contributed by atoms with Crippen LogP contribution in [0.5, 0.6) is 5.75 Å². The van der Waals surface area contributed by atoms with Gasteiger partial charge in [-0.15, -0.1) is 0 Å². The van der Waals surface area contributed by atoms with Crippen molar-refractivity contribution in [3.05, 3.63) is 53.9 Å². The molecular weight excluding hydrogens is 312 g/mol. The van der Waals surface area contributed by atoms with Crippen molar-refractivity contribution < 1.29 is 24.0 Å². The van der Waals surface area contributed by atoms with E-state index in [4.69, 9.17) is 14.4 Å². The SMILES string of the molecule is Cc1cc(C(=O)Nc2ccc(OCC(=O)O)c3ccccc23)no1. The summed E-state index contributed by atoms with van der Waals surface area (Å²) in [5.41, 5.74) is 0.752. The molecule has 0 bridgehead atoms. The molecule has 0 radical (unpaired) electrons. The lowest BCUT2D eigenvalue weighted by Gasteiger charge is -2.12. The third kappa shape index (κ3) is 3.19. The van der Waals surface area contributed by atoms with Gasteiger partial charge in [-0.2, -0.15) is 0 Å². The molecule has 7 nitrogen and oxygen atoms in total. The molecule has 0 unspecified atom stereocenters. The summed E-state index contributed by atoms with van der Waals surface area (Å²) in [4.78, 5) is 22.9. The molecule has 0 spiro atoms. The van der Waals surface area contributed by atoms with E-state index in [-0.39, 0.29) is 5.69 Å². The maximum absolute atomic E-state index is 12.2. The van der Waals surface area contributed by atoms with E-state index < -0.39 is 18.5 Å². The Morgan fingerprint density at radius 3 is 2.62 bits per heavy atom. The van der Waals surface area contributed by atoms with Crippen LogP contribution in [0.1, 0.15) is 16.2 Å². The Morgan fingerprint density at radius 2 is 1.96 bits per heavy atom. The molecule has 24 heavy (non-hydrogen) atoms. The first-order valence-corrected chi connectivity index (χ1v) is 7.15. The first-order chi connectivity index (χ1) is 11.5. The summed E-state index contributed by atoms with van der Waals surface area (Å²) in [6.45, 7) is 1.27. The molecule has 1 amide bonds. The zero-order valence-corrected chi connectivity index (χ0v) is 12.8. The molecule has 0 aliphatic heterocycles. The Balaban J connectivity index is 1.93. The number of nitrogens with one attached hydrogen (secondary N) is 1. The average molecular weight is 326 g/mol. The monoisotopic (exact) mass is 326 g/mol. The number of aryl methyl sites for hydroxylation is 1. The third-order valence-corrected chi connectivity index (χ3v) is 3.34. The van der Waals surface area contributed by atoms with Crippen LogP contribution >= 0.6 is 0 Å². The highest BCUT2D eigenvalue weighted by molar-refractivity contribution is 6.09. The predicted molar refractivity (Wildman–Crippen MR) is 86.3 cm³/mol. The van der Waals surface area contributed by atoms with Crippen LogP contribution in [-0.2, 0) is 4.79 Å². The molecule has 122 valence electrons. The highest BCUT2D eigenvalue weighted by Crippen LogP contribution is 2.31. The second kappa shape index (κ2) is 6.41. The molecule has 0 saturated carbocycles. The first kappa shape index (κ1) is 15.5. The van der Waals surface area contributed by atoms with Gasteiger partial charge in [0.1, 0.15) is 11.5 Å². The van der Waals surface area contributed by atoms with E-state index in [1.807, 2.05) is 18.2 Å². The van der Waals surface area contributed by atoms with E-state index in [9.17, 15) is 9.59 Å². The van der Waals surface area contributed by atoms with Crippen LogP contribution < -0.4 is 10.1 Å². The van der Waals surface area contributed by atoms with E-state index in [1.165, 1.54) is 0 Å². The van der Waals surface area contributed by atoms with Gasteiger partial charge >= 0.3 is 5.97 Å². The quantitative estimate of drug-likeness (QED) is 0.747. The van der Waals surface area contributed by atoms with Gasteiger partial charge in [-0.1, -0.05) is 29.4 Å². The minimum Gasteiger partial charge on any atom is -0.481 e. The summed E-state index contributed by atoms with van der Waals surface area (Å²) in [5.74, 6) is -0.472. The number of carboxylic acids is 1. The summed E-state index contributed by atoms with van der Waals surface area (Å²) in [7, 11) is 0. The van der Waals surface area contributed by atoms with Gasteiger partial charge in [0.05, 0.1) is 0 Å². The largest absolute Gasteiger partial charge is 0.481 e. The Kier molecular flexibility index (Phi) is 4.15. The van der Waals surface area contributed by atoms with Crippen molar-refractivity contribution in [2.75, 3.05) is 11.9 Å². The zero-order valence-electron chi connectivity index (χ0n) is 12.8. The normalized spacial score (nSPS) is 10.5. The fraction of sp³-hybridized carbons (Fsp3) is 0.118. The highest BCUT2D eigenvalue weighted by Gasteiger charge is 2.14. The lowest BCUT2D eigenvalue weighted by molar-refractivity contribution is -0.139. The molecule has 0 fully saturated rings. The topological polar surface area (TPSA) is 102 Å². The van der Waals surface area contributed by atoms with Crippen LogP contribution in [0.2, 0.25) is 0 Å². The number of benzene rings is 2. The number of fused-ring (bicyclic) bond motifs is 1. The fourth-order valence-corrected chi connectivity index (χ4v) is 2.31. The number of carbonyl (C=O) groups excluding carboxylic acids is 1.